The van der Waals surface area contributed by atoms with Crippen molar-refractivity contribution in [3.8, 4) is 0 Å². The van der Waals surface area contributed by atoms with Crippen molar-refractivity contribution in [1.29, 1.82) is 0 Å². The lowest BCUT2D eigenvalue weighted by Gasteiger charge is -2.28. The zero-order valence-corrected chi connectivity index (χ0v) is 14.3. The molecule has 0 spiro atoms. The normalized spacial score (nSPS) is 17.5. The molecule has 1 aliphatic rings. The topological polar surface area (TPSA) is 0 Å². The molecule has 1 aliphatic carbocycles. The van der Waals surface area contributed by atoms with Gasteiger partial charge in [-0.25, -0.2) is 0 Å². The Kier molecular flexibility index (Phi) is 4.69. The SMILES string of the molecule is CP(C)C1=CC=C[C@H]1P(c1ccccc1)c1ccccc1. The maximum atomic E-state index is 2.41. The van der Waals surface area contributed by atoms with Gasteiger partial charge in [-0.15, -0.1) is 0 Å². The Bertz CT molecular complexity index is 602. The van der Waals surface area contributed by atoms with Crippen molar-refractivity contribution in [2.24, 2.45) is 0 Å². The van der Waals surface area contributed by atoms with E-state index >= 15 is 0 Å². The van der Waals surface area contributed by atoms with Crippen LogP contribution in [0.3, 0.4) is 0 Å². The van der Waals surface area contributed by atoms with E-state index in [1.165, 1.54) is 10.6 Å². The summed E-state index contributed by atoms with van der Waals surface area (Å²) in [5.74, 6) is 0. The number of hydrogen-bond acceptors (Lipinski definition) is 0. The van der Waals surface area contributed by atoms with Crippen molar-refractivity contribution in [2.45, 2.75) is 5.66 Å². The molecule has 1 atom stereocenters. The Morgan fingerprint density at radius 1 is 0.762 bits per heavy atom. The zero-order valence-electron chi connectivity index (χ0n) is 12.5. The Morgan fingerprint density at radius 3 is 1.76 bits per heavy atom. The summed E-state index contributed by atoms with van der Waals surface area (Å²) in [7, 11) is -0.402. The molecule has 0 saturated carbocycles. The summed E-state index contributed by atoms with van der Waals surface area (Å²) in [5, 5.41) is 4.57. The fourth-order valence-electron chi connectivity index (χ4n) is 2.74. The van der Waals surface area contributed by atoms with Crippen LogP contribution in [-0.4, -0.2) is 19.0 Å². The van der Waals surface area contributed by atoms with Gasteiger partial charge >= 0.3 is 0 Å². The summed E-state index contributed by atoms with van der Waals surface area (Å²) in [6.07, 6.45) is 7.00. The molecule has 0 amide bonds. The van der Waals surface area contributed by atoms with Gasteiger partial charge in [0, 0.05) is 5.66 Å². The van der Waals surface area contributed by atoms with Crippen LogP contribution >= 0.6 is 15.8 Å². The third-order valence-electron chi connectivity index (χ3n) is 3.73. The third-order valence-corrected chi connectivity index (χ3v) is 8.11. The Balaban J connectivity index is 2.06. The van der Waals surface area contributed by atoms with Crippen LogP contribution < -0.4 is 10.6 Å². The number of benzene rings is 2. The van der Waals surface area contributed by atoms with Crippen LogP contribution in [0.5, 0.6) is 0 Å². The van der Waals surface area contributed by atoms with Gasteiger partial charge < -0.3 is 0 Å². The van der Waals surface area contributed by atoms with Gasteiger partial charge in [0.25, 0.3) is 0 Å². The number of allylic oxidation sites excluding steroid dienone is 4. The van der Waals surface area contributed by atoms with Gasteiger partial charge in [-0.3, -0.25) is 0 Å². The quantitative estimate of drug-likeness (QED) is 0.719. The van der Waals surface area contributed by atoms with E-state index in [-0.39, 0.29) is 15.8 Å². The molecule has 0 bridgehead atoms. The molecule has 2 aromatic carbocycles. The average Bonchev–Trinajstić information content (AvgIpc) is 2.99. The Hall–Kier alpha value is -1.22. The Labute approximate surface area is 130 Å². The minimum Gasteiger partial charge on any atom is -0.0851 e. The third kappa shape index (κ3) is 3.18. The van der Waals surface area contributed by atoms with E-state index in [9.17, 15) is 0 Å². The van der Waals surface area contributed by atoms with Crippen LogP contribution in [0, 0.1) is 0 Å². The first-order valence-corrected chi connectivity index (χ1v) is 10.9. The van der Waals surface area contributed by atoms with Crippen LogP contribution in [-0.2, 0) is 0 Å². The smallest absolute Gasteiger partial charge is 0.0309 e. The van der Waals surface area contributed by atoms with Gasteiger partial charge in [0.2, 0.25) is 0 Å². The molecular formula is C19H20P2. The summed E-state index contributed by atoms with van der Waals surface area (Å²) in [5.41, 5.74) is 0.561. The van der Waals surface area contributed by atoms with E-state index in [1.54, 1.807) is 5.31 Å². The average molecular weight is 310 g/mol. The lowest BCUT2D eigenvalue weighted by atomic mass is 10.4. The summed E-state index contributed by atoms with van der Waals surface area (Å²) in [6.45, 7) is 4.73. The fourth-order valence-corrected chi connectivity index (χ4v) is 7.32. The molecule has 0 unspecified atom stereocenters. The summed E-state index contributed by atoms with van der Waals surface area (Å²) in [6, 6.07) is 22.0. The van der Waals surface area contributed by atoms with Gasteiger partial charge in [0.1, 0.15) is 0 Å². The standard InChI is InChI=1S/C19H20P2/c1-20(2)18-14-9-15-19(18)21(16-10-5-3-6-11-16)17-12-7-4-8-13-17/h3-15,19H,1-2H3/t19-/m1/s1. The van der Waals surface area contributed by atoms with Crippen LogP contribution in [0.15, 0.2) is 84.2 Å². The monoisotopic (exact) mass is 310 g/mol. The maximum Gasteiger partial charge on any atom is 0.0309 e. The van der Waals surface area contributed by atoms with Gasteiger partial charge in [0.05, 0.1) is 0 Å². The highest BCUT2D eigenvalue weighted by molar-refractivity contribution is 7.75. The first kappa shape index (κ1) is 14.7. The highest BCUT2D eigenvalue weighted by atomic mass is 31.1. The predicted molar refractivity (Wildman–Crippen MR) is 98.9 cm³/mol. The van der Waals surface area contributed by atoms with Gasteiger partial charge in [-0.05, 0) is 37.2 Å². The molecule has 0 aromatic heterocycles. The van der Waals surface area contributed by atoms with Crippen molar-refractivity contribution in [1.82, 2.24) is 0 Å². The highest BCUT2D eigenvalue weighted by Crippen LogP contribution is 2.54. The van der Waals surface area contributed by atoms with Crippen molar-refractivity contribution in [2.75, 3.05) is 13.3 Å². The molecule has 0 radical (unpaired) electrons. The summed E-state index contributed by atoms with van der Waals surface area (Å²) < 4.78 is 0. The molecule has 0 saturated heterocycles. The second-order valence-electron chi connectivity index (χ2n) is 5.36. The van der Waals surface area contributed by atoms with Crippen molar-refractivity contribution >= 4 is 26.5 Å². The van der Waals surface area contributed by atoms with Crippen LogP contribution in [0.1, 0.15) is 0 Å². The number of rotatable bonds is 4. The lowest BCUT2D eigenvalue weighted by molar-refractivity contribution is 1.40. The molecule has 2 heteroatoms. The first-order chi connectivity index (χ1) is 10.3. The van der Waals surface area contributed by atoms with E-state index < -0.39 is 0 Å². The summed E-state index contributed by atoms with van der Waals surface area (Å²) >= 11 is 0. The van der Waals surface area contributed by atoms with E-state index in [0.29, 0.717) is 5.66 Å². The molecular weight excluding hydrogens is 290 g/mol. The molecule has 0 N–H and O–H groups in total. The molecule has 21 heavy (non-hydrogen) atoms. The van der Waals surface area contributed by atoms with Crippen LogP contribution in [0.25, 0.3) is 0 Å². The second kappa shape index (κ2) is 6.69. The van der Waals surface area contributed by atoms with Crippen molar-refractivity contribution in [3.63, 3.8) is 0 Å². The molecule has 106 valence electrons. The Morgan fingerprint density at radius 2 is 1.29 bits per heavy atom. The minimum absolute atomic E-state index is 0.0393. The zero-order chi connectivity index (χ0) is 14.7. The maximum absolute atomic E-state index is 2.41. The molecule has 0 heterocycles. The molecule has 0 fully saturated rings. The highest BCUT2D eigenvalue weighted by Gasteiger charge is 2.28. The van der Waals surface area contributed by atoms with Crippen LogP contribution in [0.2, 0.25) is 0 Å². The van der Waals surface area contributed by atoms with Crippen molar-refractivity contribution in [3.05, 3.63) is 84.2 Å². The van der Waals surface area contributed by atoms with Gasteiger partial charge in [0.15, 0.2) is 0 Å². The lowest BCUT2D eigenvalue weighted by Crippen LogP contribution is -2.20. The number of hydrogen-bond donors (Lipinski definition) is 0. The van der Waals surface area contributed by atoms with Crippen LogP contribution in [0.4, 0.5) is 0 Å². The van der Waals surface area contributed by atoms with E-state index in [1.807, 2.05) is 0 Å². The van der Waals surface area contributed by atoms with E-state index in [2.05, 4.69) is 92.2 Å². The minimum atomic E-state index is -0.363. The molecule has 0 aliphatic heterocycles. The molecule has 3 rings (SSSR count). The molecule has 0 nitrogen and oxygen atoms in total. The van der Waals surface area contributed by atoms with E-state index in [4.69, 9.17) is 0 Å². The van der Waals surface area contributed by atoms with Crippen molar-refractivity contribution < 1.29 is 0 Å². The summed E-state index contributed by atoms with van der Waals surface area (Å²) in [4.78, 5) is 0. The second-order valence-corrected chi connectivity index (χ2v) is 9.99. The largest absolute Gasteiger partial charge is 0.0851 e. The molecule has 2 aromatic rings. The first-order valence-electron chi connectivity index (χ1n) is 7.22. The predicted octanol–water partition coefficient (Wildman–Crippen LogP) is 4.68. The van der Waals surface area contributed by atoms with Gasteiger partial charge in [-0.1, -0.05) is 86.8 Å². The van der Waals surface area contributed by atoms with E-state index in [0.717, 1.165) is 0 Å². The fraction of sp³-hybridized carbons (Fsp3) is 0.158. The van der Waals surface area contributed by atoms with Gasteiger partial charge in [-0.2, -0.15) is 0 Å².